The number of rotatable bonds is 6. The molecule has 4 nitrogen and oxygen atoms in total. The smallest absolute Gasteiger partial charge is 0.244 e. The Balaban J connectivity index is 3.22. The Labute approximate surface area is 120 Å². The molecule has 110 valence electrons. The summed E-state index contributed by atoms with van der Waals surface area (Å²) in [7, 11) is -3.48. The Morgan fingerprint density at radius 3 is 2.26 bits per heavy atom. The monoisotopic (exact) mass is 305 g/mol. The molecule has 0 bridgehead atoms. The van der Waals surface area contributed by atoms with Gasteiger partial charge in [-0.3, -0.25) is 0 Å². The van der Waals surface area contributed by atoms with E-state index in [1.165, 1.54) is 15.6 Å². The number of aliphatic hydroxyl groups is 1. The van der Waals surface area contributed by atoms with E-state index < -0.39 is 10.0 Å². The molecule has 0 unspecified atom stereocenters. The third-order valence-corrected chi connectivity index (χ3v) is 6.12. The van der Waals surface area contributed by atoms with Gasteiger partial charge in [0.2, 0.25) is 10.0 Å². The van der Waals surface area contributed by atoms with Gasteiger partial charge in [-0.2, -0.15) is 4.31 Å². The van der Waals surface area contributed by atoms with E-state index in [9.17, 15) is 8.42 Å². The maximum absolute atomic E-state index is 12.7. The third-order valence-electron chi connectivity index (χ3n) is 2.79. The number of hydrogen-bond donors (Lipinski definition) is 1. The van der Waals surface area contributed by atoms with E-state index >= 15 is 0 Å². The van der Waals surface area contributed by atoms with Crippen molar-refractivity contribution in [3.05, 3.63) is 15.8 Å². The third kappa shape index (κ3) is 3.78. The molecule has 19 heavy (non-hydrogen) atoms. The Hall–Kier alpha value is -0.430. The van der Waals surface area contributed by atoms with Crippen LogP contribution in [0.25, 0.3) is 0 Å². The average molecular weight is 305 g/mol. The SMILES string of the molecule is Cc1sc(CO)cc1S(=O)(=O)N(CC(C)C)C(C)C. The number of aliphatic hydroxyl groups excluding tert-OH is 1. The first-order chi connectivity index (χ1) is 8.70. The van der Waals surface area contributed by atoms with Crippen LogP contribution in [0.15, 0.2) is 11.0 Å². The fourth-order valence-electron chi connectivity index (χ4n) is 1.93. The summed E-state index contributed by atoms with van der Waals surface area (Å²) in [5.41, 5.74) is 0. The van der Waals surface area contributed by atoms with Crippen molar-refractivity contribution < 1.29 is 13.5 Å². The molecule has 0 fully saturated rings. The highest BCUT2D eigenvalue weighted by molar-refractivity contribution is 7.89. The van der Waals surface area contributed by atoms with Crippen LogP contribution >= 0.6 is 11.3 Å². The van der Waals surface area contributed by atoms with Gasteiger partial charge in [0.25, 0.3) is 0 Å². The molecule has 6 heteroatoms. The zero-order valence-electron chi connectivity index (χ0n) is 12.2. The van der Waals surface area contributed by atoms with Crippen molar-refractivity contribution in [3.63, 3.8) is 0 Å². The second kappa shape index (κ2) is 6.35. The van der Waals surface area contributed by atoms with Gasteiger partial charge in [-0.25, -0.2) is 8.42 Å². The normalized spacial score (nSPS) is 12.9. The van der Waals surface area contributed by atoms with Crippen LogP contribution in [0.2, 0.25) is 0 Å². The highest BCUT2D eigenvalue weighted by atomic mass is 32.2. The summed E-state index contributed by atoms with van der Waals surface area (Å²) in [4.78, 5) is 1.75. The molecule has 0 spiro atoms. The summed E-state index contributed by atoms with van der Waals surface area (Å²) in [5, 5.41) is 9.14. The Morgan fingerprint density at radius 1 is 1.32 bits per heavy atom. The van der Waals surface area contributed by atoms with Crippen molar-refractivity contribution in [3.8, 4) is 0 Å². The molecular weight excluding hydrogens is 282 g/mol. The Kier molecular flexibility index (Phi) is 5.55. The topological polar surface area (TPSA) is 57.6 Å². The molecule has 0 aromatic carbocycles. The van der Waals surface area contributed by atoms with E-state index in [4.69, 9.17) is 5.11 Å². The second-order valence-corrected chi connectivity index (χ2v) is 8.55. The fraction of sp³-hybridized carbons (Fsp3) is 0.692. The van der Waals surface area contributed by atoms with Crippen LogP contribution in [0.4, 0.5) is 0 Å². The molecule has 1 rings (SSSR count). The van der Waals surface area contributed by atoms with E-state index in [0.29, 0.717) is 16.3 Å². The van der Waals surface area contributed by atoms with Gasteiger partial charge in [-0.1, -0.05) is 13.8 Å². The summed E-state index contributed by atoms with van der Waals surface area (Å²) in [6, 6.07) is 1.51. The molecule has 1 N–H and O–H groups in total. The standard InChI is InChI=1S/C13H23NO3S2/c1-9(2)7-14(10(3)4)19(16,17)13-6-12(8-15)18-11(13)5/h6,9-10,15H,7-8H2,1-5H3. The summed E-state index contributed by atoms with van der Waals surface area (Å²) >= 11 is 1.33. The highest BCUT2D eigenvalue weighted by Crippen LogP contribution is 2.29. The van der Waals surface area contributed by atoms with Crippen LogP contribution in [0.1, 0.15) is 37.4 Å². The van der Waals surface area contributed by atoms with Crippen molar-refractivity contribution in [2.45, 2.75) is 52.2 Å². The van der Waals surface area contributed by atoms with Crippen molar-refractivity contribution in [2.24, 2.45) is 5.92 Å². The average Bonchev–Trinajstić information content (AvgIpc) is 2.67. The van der Waals surface area contributed by atoms with Crippen LogP contribution in [0.5, 0.6) is 0 Å². The van der Waals surface area contributed by atoms with Crippen molar-refractivity contribution in [2.75, 3.05) is 6.54 Å². The first-order valence-corrected chi connectivity index (χ1v) is 8.67. The molecule has 0 radical (unpaired) electrons. The summed E-state index contributed by atoms with van der Waals surface area (Å²) in [6.07, 6.45) is 0. The zero-order chi connectivity index (χ0) is 14.8. The summed E-state index contributed by atoms with van der Waals surface area (Å²) in [5.74, 6) is 0.272. The van der Waals surface area contributed by atoms with Gasteiger partial charge >= 0.3 is 0 Å². The maximum atomic E-state index is 12.7. The van der Waals surface area contributed by atoms with E-state index in [-0.39, 0.29) is 18.6 Å². The van der Waals surface area contributed by atoms with Crippen LogP contribution in [-0.2, 0) is 16.6 Å². The van der Waals surface area contributed by atoms with Gasteiger partial charge in [0.15, 0.2) is 0 Å². The van der Waals surface area contributed by atoms with Crippen LogP contribution in [0, 0.1) is 12.8 Å². The Bertz CT molecular complexity index is 518. The zero-order valence-corrected chi connectivity index (χ0v) is 13.8. The molecule has 0 amide bonds. The lowest BCUT2D eigenvalue weighted by atomic mass is 10.2. The summed E-state index contributed by atoms with van der Waals surface area (Å²) in [6.45, 7) is 9.94. The second-order valence-electron chi connectivity index (χ2n) is 5.35. The first-order valence-electron chi connectivity index (χ1n) is 6.42. The van der Waals surface area contributed by atoms with Crippen LogP contribution in [0.3, 0.4) is 0 Å². The lowest BCUT2D eigenvalue weighted by molar-refractivity contribution is 0.285. The van der Waals surface area contributed by atoms with Gasteiger partial charge in [0, 0.05) is 22.3 Å². The van der Waals surface area contributed by atoms with Gasteiger partial charge in [0.05, 0.1) is 11.5 Å². The van der Waals surface area contributed by atoms with Crippen molar-refractivity contribution >= 4 is 21.4 Å². The molecule has 1 heterocycles. The minimum absolute atomic E-state index is 0.0794. The number of hydrogen-bond acceptors (Lipinski definition) is 4. The molecule has 0 aliphatic heterocycles. The maximum Gasteiger partial charge on any atom is 0.244 e. The van der Waals surface area contributed by atoms with E-state index in [2.05, 4.69) is 0 Å². The predicted octanol–water partition coefficient (Wildman–Crippen LogP) is 2.60. The molecule has 0 saturated heterocycles. The van der Waals surface area contributed by atoms with Gasteiger partial charge in [-0.15, -0.1) is 11.3 Å². The number of nitrogens with zero attached hydrogens (tertiary/aromatic N) is 1. The predicted molar refractivity (Wildman–Crippen MR) is 78.8 cm³/mol. The number of aryl methyl sites for hydroxylation is 1. The van der Waals surface area contributed by atoms with Crippen LogP contribution < -0.4 is 0 Å². The quantitative estimate of drug-likeness (QED) is 0.879. The fourth-order valence-corrected chi connectivity index (χ4v) is 5.20. The van der Waals surface area contributed by atoms with Crippen LogP contribution in [-0.4, -0.2) is 30.4 Å². The van der Waals surface area contributed by atoms with E-state index in [1.807, 2.05) is 27.7 Å². The molecule has 1 aromatic rings. The van der Waals surface area contributed by atoms with E-state index in [1.54, 1.807) is 13.0 Å². The minimum Gasteiger partial charge on any atom is -0.391 e. The first kappa shape index (κ1) is 16.6. The van der Waals surface area contributed by atoms with Crippen molar-refractivity contribution in [1.82, 2.24) is 4.31 Å². The lowest BCUT2D eigenvalue weighted by Gasteiger charge is -2.27. The molecule has 0 aliphatic rings. The van der Waals surface area contributed by atoms with E-state index in [0.717, 1.165) is 4.88 Å². The van der Waals surface area contributed by atoms with Gasteiger partial charge < -0.3 is 5.11 Å². The summed E-state index contributed by atoms with van der Waals surface area (Å²) < 4.78 is 27.0. The van der Waals surface area contributed by atoms with Gasteiger partial charge in [-0.05, 0) is 32.8 Å². The van der Waals surface area contributed by atoms with Gasteiger partial charge in [0.1, 0.15) is 0 Å². The highest BCUT2D eigenvalue weighted by Gasteiger charge is 2.30. The molecule has 0 aliphatic carbocycles. The number of sulfonamides is 1. The molecular formula is C13H23NO3S2. The molecule has 0 saturated carbocycles. The molecule has 1 aromatic heterocycles. The van der Waals surface area contributed by atoms with Crippen molar-refractivity contribution in [1.29, 1.82) is 0 Å². The minimum atomic E-state index is -3.48. The Morgan fingerprint density at radius 2 is 1.89 bits per heavy atom. The largest absolute Gasteiger partial charge is 0.391 e. The lowest BCUT2D eigenvalue weighted by Crippen LogP contribution is -2.39. The number of thiophene rings is 1. The molecule has 0 atom stereocenters.